The van der Waals surface area contributed by atoms with Crippen LogP contribution in [-0.4, -0.2) is 23.3 Å². The van der Waals surface area contributed by atoms with Gasteiger partial charge in [0.05, 0.1) is 27.9 Å². The standard InChI is InChI=1S/C26H21IN4O2/c1-32-24-14-17(15-28-31-26-29-22-11-4-5-12-23(22)30-26)13-21(27)25(24)33-16-19-9-6-8-18-7-2-3-10-20(18)19/h2-15H,16H2,1H3,(H2,29,30,31)/b28-15-. The Kier molecular flexibility index (Phi) is 6.12. The van der Waals surface area contributed by atoms with E-state index < -0.39 is 0 Å². The molecule has 0 saturated heterocycles. The lowest BCUT2D eigenvalue weighted by atomic mass is 10.1. The summed E-state index contributed by atoms with van der Waals surface area (Å²) in [6.45, 7) is 0.453. The van der Waals surface area contributed by atoms with Gasteiger partial charge in [0.1, 0.15) is 6.61 Å². The number of H-pyrrole nitrogens is 1. The highest BCUT2D eigenvalue weighted by Gasteiger charge is 2.12. The van der Waals surface area contributed by atoms with Crippen molar-refractivity contribution < 1.29 is 9.47 Å². The summed E-state index contributed by atoms with van der Waals surface area (Å²) in [5.41, 5.74) is 6.81. The van der Waals surface area contributed by atoms with Crippen LogP contribution in [0.15, 0.2) is 84.0 Å². The molecular formula is C26H21IN4O2. The number of hydrazone groups is 1. The van der Waals surface area contributed by atoms with Crippen molar-refractivity contribution in [2.24, 2.45) is 5.10 Å². The summed E-state index contributed by atoms with van der Waals surface area (Å²) in [6.07, 6.45) is 1.73. The molecule has 0 aliphatic rings. The predicted molar refractivity (Wildman–Crippen MR) is 141 cm³/mol. The van der Waals surface area contributed by atoms with Crippen LogP contribution >= 0.6 is 22.6 Å². The number of benzene rings is 4. The van der Waals surface area contributed by atoms with Crippen LogP contribution in [0.1, 0.15) is 11.1 Å². The molecule has 6 nitrogen and oxygen atoms in total. The summed E-state index contributed by atoms with van der Waals surface area (Å²) in [6, 6.07) is 26.3. The number of hydrogen-bond donors (Lipinski definition) is 2. The first kappa shape index (κ1) is 21.3. The van der Waals surface area contributed by atoms with Gasteiger partial charge in [0.15, 0.2) is 11.5 Å². The summed E-state index contributed by atoms with van der Waals surface area (Å²) < 4.78 is 12.8. The van der Waals surface area contributed by atoms with E-state index in [-0.39, 0.29) is 0 Å². The summed E-state index contributed by atoms with van der Waals surface area (Å²) in [4.78, 5) is 7.65. The number of methoxy groups -OCH3 is 1. The lowest BCUT2D eigenvalue weighted by Crippen LogP contribution is -2.01. The van der Waals surface area contributed by atoms with E-state index in [1.807, 2.05) is 48.5 Å². The van der Waals surface area contributed by atoms with Gasteiger partial charge in [0, 0.05) is 0 Å². The Morgan fingerprint density at radius 1 is 1.03 bits per heavy atom. The molecular weight excluding hydrogens is 527 g/mol. The third kappa shape index (κ3) is 4.63. The van der Waals surface area contributed by atoms with Crippen molar-refractivity contribution in [2.75, 3.05) is 12.5 Å². The van der Waals surface area contributed by atoms with Gasteiger partial charge in [0.25, 0.3) is 0 Å². The highest BCUT2D eigenvalue weighted by atomic mass is 127. The van der Waals surface area contributed by atoms with Gasteiger partial charge in [-0.25, -0.2) is 10.4 Å². The van der Waals surface area contributed by atoms with Crippen LogP contribution in [0.2, 0.25) is 0 Å². The zero-order chi connectivity index (χ0) is 22.6. The maximum Gasteiger partial charge on any atom is 0.222 e. The fourth-order valence-electron chi connectivity index (χ4n) is 3.70. The minimum absolute atomic E-state index is 0.453. The number of hydrogen-bond acceptors (Lipinski definition) is 5. The predicted octanol–water partition coefficient (Wildman–Crippen LogP) is 6.35. The number of nitrogens with one attached hydrogen (secondary N) is 2. The largest absolute Gasteiger partial charge is 0.493 e. The number of para-hydroxylation sites is 2. The van der Waals surface area contributed by atoms with Gasteiger partial charge in [-0.2, -0.15) is 5.10 Å². The lowest BCUT2D eigenvalue weighted by molar-refractivity contribution is 0.283. The molecule has 0 spiro atoms. The quantitative estimate of drug-likeness (QED) is 0.141. The molecule has 0 aliphatic heterocycles. The number of anilines is 1. The molecule has 1 heterocycles. The third-order valence-corrected chi connectivity index (χ3v) is 6.08. The highest BCUT2D eigenvalue weighted by molar-refractivity contribution is 14.1. The van der Waals surface area contributed by atoms with Crippen molar-refractivity contribution in [1.29, 1.82) is 0 Å². The van der Waals surface area contributed by atoms with Gasteiger partial charge in [-0.1, -0.05) is 54.6 Å². The average molecular weight is 548 g/mol. The van der Waals surface area contributed by atoms with Crippen molar-refractivity contribution in [3.63, 3.8) is 0 Å². The summed E-state index contributed by atoms with van der Waals surface area (Å²) in [7, 11) is 1.64. The van der Waals surface area contributed by atoms with E-state index in [9.17, 15) is 0 Å². The molecule has 5 aromatic rings. The minimum atomic E-state index is 0.453. The average Bonchev–Trinajstić information content (AvgIpc) is 3.26. The number of ether oxygens (including phenoxy) is 2. The normalized spacial score (nSPS) is 11.3. The topological polar surface area (TPSA) is 71.5 Å². The van der Waals surface area contributed by atoms with Crippen LogP contribution in [0, 0.1) is 3.57 Å². The molecule has 0 atom stereocenters. The number of fused-ring (bicyclic) bond motifs is 2. The van der Waals surface area contributed by atoms with Crippen molar-refractivity contribution in [2.45, 2.75) is 6.61 Å². The minimum Gasteiger partial charge on any atom is -0.493 e. The smallest absolute Gasteiger partial charge is 0.222 e. The fourth-order valence-corrected chi connectivity index (χ4v) is 4.48. The molecule has 0 unspecified atom stereocenters. The Labute approximate surface area is 204 Å². The maximum absolute atomic E-state index is 6.21. The number of aromatic nitrogens is 2. The van der Waals surface area contributed by atoms with Crippen molar-refractivity contribution >= 4 is 56.6 Å². The second kappa shape index (κ2) is 9.50. The highest BCUT2D eigenvalue weighted by Crippen LogP contribution is 2.34. The van der Waals surface area contributed by atoms with Crippen LogP contribution in [0.4, 0.5) is 5.95 Å². The van der Waals surface area contributed by atoms with Crippen LogP contribution < -0.4 is 14.9 Å². The van der Waals surface area contributed by atoms with Crippen LogP contribution in [0.5, 0.6) is 11.5 Å². The number of rotatable bonds is 7. The Morgan fingerprint density at radius 3 is 2.73 bits per heavy atom. The number of imidazole rings is 1. The first-order valence-corrected chi connectivity index (χ1v) is 11.5. The molecule has 5 rings (SSSR count). The van der Waals surface area contributed by atoms with Gasteiger partial charge in [-0.3, -0.25) is 0 Å². The van der Waals surface area contributed by atoms with Crippen LogP contribution in [-0.2, 0) is 6.61 Å². The van der Waals surface area contributed by atoms with Crippen molar-refractivity contribution in [3.8, 4) is 11.5 Å². The number of halogens is 1. The monoisotopic (exact) mass is 548 g/mol. The summed E-state index contributed by atoms with van der Waals surface area (Å²) >= 11 is 2.26. The van der Waals surface area contributed by atoms with Gasteiger partial charge in [0.2, 0.25) is 5.95 Å². The van der Waals surface area contributed by atoms with Gasteiger partial charge in [-0.15, -0.1) is 0 Å². The second-order valence-corrected chi connectivity index (χ2v) is 8.60. The van der Waals surface area contributed by atoms with Crippen LogP contribution in [0.25, 0.3) is 21.8 Å². The summed E-state index contributed by atoms with van der Waals surface area (Å²) in [5, 5.41) is 6.70. The molecule has 1 aromatic heterocycles. The molecule has 0 aliphatic carbocycles. The zero-order valence-electron chi connectivity index (χ0n) is 17.9. The molecule has 164 valence electrons. The van der Waals surface area contributed by atoms with Crippen molar-refractivity contribution in [1.82, 2.24) is 9.97 Å². The molecule has 0 amide bonds. The molecule has 33 heavy (non-hydrogen) atoms. The van der Waals surface area contributed by atoms with E-state index in [2.05, 4.69) is 73.4 Å². The third-order valence-electron chi connectivity index (χ3n) is 5.28. The van der Waals surface area contributed by atoms with E-state index in [0.29, 0.717) is 24.1 Å². The lowest BCUT2D eigenvalue weighted by Gasteiger charge is -2.14. The summed E-state index contributed by atoms with van der Waals surface area (Å²) in [5.74, 6) is 1.96. The van der Waals surface area contributed by atoms with E-state index in [4.69, 9.17) is 9.47 Å². The first-order valence-electron chi connectivity index (χ1n) is 10.4. The van der Waals surface area contributed by atoms with E-state index in [1.165, 1.54) is 10.8 Å². The van der Waals surface area contributed by atoms with E-state index in [1.54, 1.807) is 13.3 Å². The molecule has 7 heteroatoms. The van der Waals surface area contributed by atoms with Gasteiger partial charge >= 0.3 is 0 Å². The molecule has 2 N–H and O–H groups in total. The molecule has 0 bridgehead atoms. The van der Waals surface area contributed by atoms with E-state index >= 15 is 0 Å². The molecule has 0 saturated carbocycles. The first-order chi connectivity index (χ1) is 16.2. The zero-order valence-corrected chi connectivity index (χ0v) is 20.0. The Balaban J connectivity index is 1.32. The van der Waals surface area contributed by atoms with Crippen molar-refractivity contribution in [3.05, 3.63) is 93.6 Å². The van der Waals surface area contributed by atoms with Gasteiger partial charge in [-0.05, 0) is 68.8 Å². The number of nitrogens with zero attached hydrogens (tertiary/aromatic N) is 2. The molecule has 0 radical (unpaired) electrons. The SMILES string of the molecule is COc1cc(/C=N\Nc2nc3ccccc3[nH]2)cc(I)c1OCc1cccc2ccccc12. The van der Waals surface area contributed by atoms with Crippen LogP contribution in [0.3, 0.4) is 0 Å². The second-order valence-electron chi connectivity index (χ2n) is 7.43. The van der Waals surface area contributed by atoms with E-state index in [0.717, 1.165) is 25.7 Å². The Bertz CT molecular complexity index is 1420. The Hall–Kier alpha value is -3.59. The fraction of sp³-hybridized carbons (Fsp3) is 0.0769. The molecule has 0 fully saturated rings. The maximum atomic E-state index is 6.21. The molecule has 4 aromatic carbocycles. The Morgan fingerprint density at radius 2 is 1.85 bits per heavy atom. The number of aromatic amines is 1. The van der Waals surface area contributed by atoms with Gasteiger partial charge < -0.3 is 14.5 Å².